The minimum absolute atomic E-state index is 0.0933. The van der Waals surface area contributed by atoms with Gasteiger partial charge in [-0.15, -0.1) is 10.2 Å². The lowest BCUT2D eigenvalue weighted by Crippen LogP contribution is -2.50. The van der Waals surface area contributed by atoms with Crippen molar-refractivity contribution < 1.29 is 14.3 Å². The van der Waals surface area contributed by atoms with Gasteiger partial charge in [0.15, 0.2) is 5.65 Å². The Morgan fingerprint density at radius 3 is 2.40 bits per heavy atom. The minimum Gasteiger partial charge on any atom is -0.444 e. The van der Waals surface area contributed by atoms with Gasteiger partial charge in [-0.3, -0.25) is 9.20 Å². The van der Waals surface area contributed by atoms with E-state index in [0.29, 0.717) is 53.3 Å². The van der Waals surface area contributed by atoms with E-state index in [9.17, 15) is 9.59 Å². The third-order valence-corrected chi connectivity index (χ3v) is 8.04. The summed E-state index contributed by atoms with van der Waals surface area (Å²) in [6, 6.07) is 11.1. The number of nitrogens with one attached hydrogen (secondary N) is 1. The monoisotopic (exact) mass is 674 g/mol. The molecule has 0 unspecified atom stereocenters. The fraction of sp³-hybridized carbons (Fsp3) is 0.321. The van der Waals surface area contributed by atoms with Gasteiger partial charge in [0.05, 0.1) is 5.69 Å². The molecule has 1 aliphatic heterocycles. The quantitative estimate of drug-likeness (QED) is 0.267. The van der Waals surface area contributed by atoms with Gasteiger partial charge in [0.2, 0.25) is 0 Å². The Morgan fingerprint density at radius 1 is 1.10 bits per heavy atom. The Balaban J connectivity index is 1.39. The molecule has 0 saturated carbocycles. The number of amides is 2. The van der Waals surface area contributed by atoms with Gasteiger partial charge in [-0.2, -0.15) is 0 Å². The van der Waals surface area contributed by atoms with Gasteiger partial charge in [0.25, 0.3) is 5.91 Å². The van der Waals surface area contributed by atoms with E-state index >= 15 is 0 Å². The van der Waals surface area contributed by atoms with Crippen LogP contribution in [0.2, 0.25) is 10.0 Å². The lowest BCUT2D eigenvalue weighted by atomic mass is 10.1. The van der Waals surface area contributed by atoms with Gasteiger partial charge in [-0.1, -0.05) is 29.3 Å². The smallest absolute Gasteiger partial charge is 0.410 e. The third kappa shape index (κ3) is 6.40. The number of aromatic nitrogens is 4. The van der Waals surface area contributed by atoms with E-state index in [4.69, 9.17) is 38.7 Å². The van der Waals surface area contributed by atoms with Crippen LogP contribution in [0.25, 0.3) is 5.65 Å². The minimum atomic E-state index is -0.707. The molecule has 2 aromatic carbocycles. The van der Waals surface area contributed by atoms with E-state index in [0.717, 1.165) is 10.2 Å². The van der Waals surface area contributed by atoms with Gasteiger partial charge in [-0.05, 0) is 72.6 Å². The van der Waals surface area contributed by atoms with Gasteiger partial charge in [0.1, 0.15) is 29.1 Å². The Labute approximate surface area is 261 Å². The summed E-state index contributed by atoms with van der Waals surface area (Å²) >= 11 is 16.5. The number of hydrogen-bond acceptors (Lipinski definition) is 8. The SMILES string of the molecule is CC(C)(C)OC(=O)N1CCN(c2ccc(Nc3nc(Cc4c(Cl)cccc4Cl)n4cnnc4c3C(N)=O)c(Br)c2)CC1. The molecule has 42 heavy (non-hydrogen) atoms. The van der Waals surface area contributed by atoms with Crippen molar-refractivity contribution in [3.8, 4) is 0 Å². The number of fused-ring (bicyclic) bond motifs is 1. The molecule has 0 radical (unpaired) electrons. The van der Waals surface area contributed by atoms with Gasteiger partial charge in [0, 0.05) is 52.8 Å². The zero-order chi connectivity index (χ0) is 30.2. The van der Waals surface area contributed by atoms with Crippen LogP contribution in [0.4, 0.5) is 22.0 Å². The topological polar surface area (TPSA) is 131 Å². The van der Waals surface area contributed by atoms with Crippen LogP contribution in [0.5, 0.6) is 0 Å². The summed E-state index contributed by atoms with van der Waals surface area (Å²) in [6.45, 7) is 7.98. The summed E-state index contributed by atoms with van der Waals surface area (Å²) < 4.78 is 7.84. The zero-order valence-corrected chi connectivity index (χ0v) is 26.3. The molecule has 220 valence electrons. The predicted octanol–water partition coefficient (Wildman–Crippen LogP) is 5.68. The van der Waals surface area contributed by atoms with Crippen LogP contribution in [-0.2, 0) is 11.2 Å². The summed E-state index contributed by atoms with van der Waals surface area (Å²) in [6.07, 6.45) is 1.42. The number of hydrogen-bond donors (Lipinski definition) is 2. The van der Waals surface area contributed by atoms with Crippen molar-refractivity contribution >= 4 is 74.0 Å². The molecule has 0 atom stereocenters. The molecule has 14 heteroatoms. The standard InChI is InChI=1S/C28H29BrCl2N8O3/c1-28(2,3)42-27(41)38-11-9-37(10-12-38)16-7-8-21(18(29)13-16)34-25-23(24(32)40)26-36-33-15-39(26)22(35-25)14-17-19(30)5-4-6-20(17)31/h4-8,13,15,34H,9-12,14H2,1-3H3,(H2,32,40). The normalized spacial score (nSPS) is 13.9. The Kier molecular flexibility index (Phi) is 8.49. The third-order valence-electron chi connectivity index (χ3n) is 6.67. The second kappa shape index (κ2) is 11.9. The van der Waals surface area contributed by atoms with Crippen LogP contribution in [0.15, 0.2) is 47.2 Å². The number of benzene rings is 2. The summed E-state index contributed by atoms with van der Waals surface area (Å²) in [5.74, 6) is 0.0228. The van der Waals surface area contributed by atoms with Crippen LogP contribution < -0.4 is 16.0 Å². The number of halogens is 3. The lowest BCUT2D eigenvalue weighted by molar-refractivity contribution is 0.0240. The van der Waals surface area contributed by atoms with Gasteiger partial charge < -0.3 is 25.6 Å². The van der Waals surface area contributed by atoms with Crippen LogP contribution >= 0.6 is 39.1 Å². The molecule has 0 spiro atoms. The molecule has 2 aromatic heterocycles. The highest BCUT2D eigenvalue weighted by Gasteiger charge is 2.27. The highest BCUT2D eigenvalue weighted by atomic mass is 79.9. The molecule has 2 amide bonds. The Hall–Kier alpha value is -3.61. The number of carbonyl (C=O) groups excluding carboxylic acids is 2. The Morgan fingerprint density at radius 2 is 1.79 bits per heavy atom. The molecule has 4 aromatic rings. The number of carbonyl (C=O) groups is 2. The predicted molar refractivity (Wildman–Crippen MR) is 166 cm³/mol. The summed E-state index contributed by atoms with van der Waals surface area (Å²) in [5.41, 5.74) is 7.90. The number of anilines is 3. The van der Waals surface area contributed by atoms with Crippen LogP contribution in [0.3, 0.4) is 0 Å². The first-order valence-corrected chi connectivity index (χ1v) is 14.7. The fourth-order valence-corrected chi connectivity index (χ4v) is 5.64. The molecule has 5 rings (SSSR count). The molecule has 0 aliphatic carbocycles. The summed E-state index contributed by atoms with van der Waals surface area (Å²) in [7, 11) is 0. The van der Waals surface area contributed by atoms with Gasteiger partial charge in [-0.25, -0.2) is 9.78 Å². The molecule has 1 saturated heterocycles. The van der Waals surface area contributed by atoms with Crippen molar-refractivity contribution in [3.05, 3.63) is 74.2 Å². The number of rotatable bonds is 6. The van der Waals surface area contributed by atoms with Crippen LogP contribution in [-0.4, -0.2) is 68.3 Å². The first-order valence-electron chi connectivity index (χ1n) is 13.2. The average molecular weight is 676 g/mol. The van der Waals surface area contributed by atoms with E-state index < -0.39 is 11.5 Å². The van der Waals surface area contributed by atoms with Crippen molar-refractivity contribution in [1.29, 1.82) is 0 Å². The first kappa shape index (κ1) is 29.9. The number of nitrogens with two attached hydrogens (primary N) is 1. The molecule has 3 N–H and O–H groups in total. The van der Waals surface area contributed by atoms with E-state index in [1.807, 2.05) is 39.0 Å². The van der Waals surface area contributed by atoms with Crippen molar-refractivity contribution in [2.24, 2.45) is 5.73 Å². The average Bonchev–Trinajstić information content (AvgIpc) is 3.41. The molecular formula is C28H29BrCl2N8O3. The van der Waals surface area contributed by atoms with E-state index in [2.05, 4.69) is 36.3 Å². The molecule has 1 fully saturated rings. The van der Waals surface area contributed by atoms with Crippen molar-refractivity contribution in [1.82, 2.24) is 24.5 Å². The highest BCUT2D eigenvalue weighted by Crippen LogP contribution is 2.33. The van der Waals surface area contributed by atoms with E-state index in [1.165, 1.54) is 6.33 Å². The maximum atomic E-state index is 12.6. The molecule has 11 nitrogen and oxygen atoms in total. The number of primary amides is 1. The maximum Gasteiger partial charge on any atom is 0.410 e. The number of ether oxygens (including phenoxy) is 1. The number of nitrogens with zero attached hydrogens (tertiary/aromatic N) is 6. The molecular weight excluding hydrogens is 647 g/mol. The zero-order valence-electron chi connectivity index (χ0n) is 23.2. The maximum absolute atomic E-state index is 12.6. The van der Waals surface area contributed by atoms with Crippen LogP contribution in [0, 0.1) is 0 Å². The second-order valence-corrected chi connectivity index (χ2v) is 12.4. The van der Waals surface area contributed by atoms with E-state index in [1.54, 1.807) is 27.5 Å². The highest BCUT2D eigenvalue weighted by molar-refractivity contribution is 9.10. The van der Waals surface area contributed by atoms with Crippen molar-refractivity contribution in [3.63, 3.8) is 0 Å². The summed E-state index contributed by atoms with van der Waals surface area (Å²) in [4.78, 5) is 33.7. The molecule has 0 bridgehead atoms. The summed E-state index contributed by atoms with van der Waals surface area (Å²) in [5, 5.41) is 12.3. The van der Waals surface area contributed by atoms with Crippen molar-refractivity contribution in [2.75, 3.05) is 36.4 Å². The number of piperazine rings is 1. The van der Waals surface area contributed by atoms with Crippen LogP contribution in [0.1, 0.15) is 42.5 Å². The first-order chi connectivity index (χ1) is 19.9. The Bertz CT molecular complexity index is 1640. The van der Waals surface area contributed by atoms with E-state index in [-0.39, 0.29) is 29.5 Å². The largest absolute Gasteiger partial charge is 0.444 e. The molecule has 3 heterocycles. The second-order valence-electron chi connectivity index (χ2n) is 10.8. The van der Waals surface area contributed by atoms with Crippen molar-refractivity contribution in [2.45, 2.75) is 32.8 Å². The van der Waals surface area contributed by atoms with Gasteiger partial charge >= 0.3 is 6.09 Å². The fourth-order valence-electron chi connectivity index (χ4n) is 4.64. The lowest BCUT2D eigenvalue weighted by Gasteiger charge is -2.36. The molecule has 1 aliphatic rings.